The highest BCUT2D eigenvalue weighted by atomic mass is 19.1. The second-order valence-corrected chi connectivity index (χ2v) is 6.55. The summed E-state index contributed by atoms with van der Waals surface area (Å²) < 4.78 is 32.9. The van der Waals surface area contributed by atoms with Crippen LogP contribution in [0.15, 0.2) is 66.7 Å². The second-order valence-electron chi connectivity index (χ2n) is 6.55. The summed E-state index contributed by atoms with van der Waals surface area (Å²) in [7, 11) is 0. The summed E-state index contributed by atoms with van der Waals surface area (Å²) in [6.45, 7) is 2.55. The van der Waals surface area contributed by atoms with Crippen LogP contribution in [0.2, 0.25) is 0 Å². The number of benzene rings is 3. The van der Waals surface area contributed by atoms with Gasteiger partial charge in [0.25, 0.3) is 5.91 Å². The number of urea groups is 1. The number of ether oxygens (including phenoxy) is 1. The Labute approximate surface area is 172 Å². The lowest BCUT2D eigenvalue weighted by Crippen LogP contribution is -2.35. The van der Waals surface area contributed by atoms with Crippen LogP contribution in [0.1, 0.15) is 21.5 Å². The van der Waals surface area contributed by atoms with E-state index in [2.05, 4.69) is 11.4 Å². The van der Waals surface area contributed by atoms with Gasteiger partial charge in [-0.25, -0.2) is 13.6 Å². The molecule has 154 valence electrons. The van der Waals surface area contributed by atoms with Gasteiger partial charge < -0.3 is 10.1 Å². The number of hydrogen-bond donors (Lipinski definition) is 2. The van der Waals surface area contributed by atoms with Crippen LogP contribution in [0.5, 0.6) is 5.75 Å². The van der Waals surface area contributed by atoms with Crippen LogP contribution in [-0.4, -0.2) is 18.5 Å². The van der Waals surface area contributed by atoms with E-state index >= 15 is 0 Å². The van der Waals surface area contributed by atoms with Crippen molar-refractivity contribution in [2.75, 3.05) is 11.9 Å². The summed E-state index contributed by atoms with van der Waals surface area (Å²) in [5, 5.41) is 4.33. The molecule has 3 aromatic rings. The highest BCUT2D eigenvalue weighted by molar-refractivity contribution is 6.08. The maximum Gasteiger partial charge on any atom is 0.326 e. The SMILES string of the molecule is Cc1ccccc1CCOc1ccc(NC(=O)NC(=O)c2c(F)cccc2F)cc1. The molecule has 0 fully saturated rings. The van der Waals surface area contributed by atoms with Gasteiger partial charge in [0.1, 0.15) is 22.9 Å². The third-order valence-corrected chi connectivity index (χ3v) is 4.43. The number of anilines is 1. The number of halogens is 2. The van der Waals surface area contributed by atoms with Gasteiger partial charge in [0, 0.05) is 12.1 Å². The molecule has 0 aliphatic rings. The van der Waals surface area contributed by atoms with Crippen LogP contribution in [0, 0.1) is 18.6 Å². The van der Waals surface area contributed by atoms with Gasteiger partial charge in [0.05, 0.1) is 6.61 Å². The largest absolute Gasteiger partial charge is 0.493 e. The van der Waals surface area contributed by atoms with E-state index in [1.807, 2.05) is 30.4 Å². The van der Waals surface area contributed by atoms with E-state index in [9.17, 15) is 18.4 Å². The number of carbonyl (C=O) groups excluding carboxylic acids is 2. The molecule has 0 saturated carbocycles. The van der Waals surface area contributed by atoms with Gasteiger partial charge >= 0.3 is 6.03 Å². The topological polar surface area (TPSA) is 67.4 Å². The minimum absolute atomic E-state index is 0.389. The van der Waals surface area contributed by atoms with Crippen molar-refractivity contribution in [1.29, 1.82) is 0 Å². The van der Waals surface area contributed by atoms with Gasteiger partial charge in [-0.3, -0.25) is 10.1 Å². The van der Waals surface area contributed by atoms with E-state index in [1.54, 1.807) is 24.3 Å². The lowest BCUT2D eigenvalue weighted by atomic mass is 10.1. The van der Waals surface area contributed by atoms with Gasteiger partial charge in [-0.2, -0.15) is 0 Å². The highest BCUT2D eigenvalue weighted by Crippen LogP contribution is 2.17. The van der Waals surface area contributed by atoms with Gasteiger partial charge in [-0.15, -0.1) is 0 Å². The summed E-state index contributed by atoms with van der Waals surface area (Å²) in [5.41, 5.74) is 1.99. The van der Waals surface area contributed by atoms with Crippen LogP contribution < -0.4 is 15.4 Å². The summed E-state index contributed by atoms with van der Waals surface area (Å²) in [6.07, 6.45) is 0.768. The Morgan fingerprint density at radius 3 is 2.23 bits per heavy atom. The number of carbonyl (C=O) groups is 2. The van der Waals surface area contributed by atoms with Crippen molar-refractivity contribution in [3.8, 4) is 5.75 Å². The van der Waals surface area contributed by atoms with Crippen molar-refractivity contribution in [3.63, 3.8) is 0 Å². The maximum absolute atomic E-state index is 13.6. The number of rotatable bonds is 6. The summed E-state index contributed by atoms with van der Waals surface area (Å²) in [5.74, 6) is -2.64. The molecule has 30 heavy (non-hydrogen) atoms. The first-order chi connectivity index (χ1) is 14.4. The van der Waals surface area contributed by atoms with Crippen LogP contribution in [0.25, 0.3) is 0 Å². The zero-order valence-corrected chi connectivity index (χ0v) is 16.2. The van der Waals surface area contributed by atoms with Crippen molar-refractivity contribution in [2.24, 2.45) is 0 Å². The molecule has 0 atom stereocenters. The number of amides is 3. The monoisotopic (exact) mass is 410 g/mol. The molecule has 0 aliphatic heterocycles. The molecule has 0 unspecified atom stereocenters. The van der Waals surface area contributed by atoms with Crippen molar-refractivity contribution in [2.45, 2.75) is 13.3 Å². The molecule has 7 heteroatoms. The van der Waals surface area contributed by atoms with E-state index in [1.165, 1.54) is 11.1 Å². The predicted molar refractivity (Wildman–Crippen MR) is 110 cm³/mol. The van der Waals surface area contributed by atoms with Crippen LogP contribution in [0.3, 0.4) is 0 Å². The average Bonchev–Trinajstić information content (AvgIpc) is 2.70. The molecule has 0 aliphatic carbocycles. The summed E-state index contributed by atoms with van der Waals surface area (Å²) >= 11 is 0. The third kappa shape index (κ3) is 5.41. The summed E-state index contributed by atoms with van der Waals surface area (Å²) in [6, 6.07) is 16.7. The average molecular weight is 410 g/mol. The fourth-order valence-corrected chi connectivity index (χ4v) is 2.85. The normalized spacial score (nSPS) is 10.4. The molecule has 0 bridgehead atoms. The highest BCUT2D eigenvalue weighted by Gasteiger charge is 2.19. The van der Waals surface area contributed by atoms with Crippen molar-refractivity contribution < 1.29 is 23.1 Å². The molecule has 5 nitrogen and oxygen atoms in total. The molecule has 3 amide bonds. The van der Waals surface area contributed by atoms with Crippen molar-refractivity contribution >= 4 is 17.6 Å². The molecule has 0 aromatic heterocycles. The van der Waals surface area contributed by atoms with E-state index < -0.39 is 29.1 Å². The van der Waals surface area contributed by atoms with E-state index in [0.29, 0.717) is 18.0 Å². The minimum atomic E-state index is -1.17. The van der Waals surface area contributed by atoms with Crippen molar-refractivity contribution in [3.05, 3.63) is 95.1 Å². The Morgan fingerprint density at radius 1 is 0.900 bits per heavy atom. The molecular formula is C23H20F2N2O3. The summed E-state index contributed by atoms with van der Waals surface area (Å²) in [4.78, 5) is 23.9. The Balaban J connectivity index is 1.51. The minimum Gasteiger partial charge on any atom is -0.493 e. The first kappa shape index (κ1) is 21.0. The first-order valence-corrected chi connectivity index (χ1v) is 9.28. The number of hydrogen-bond acceptors (Lipinski definition) is 3. The molecule has 2 N–H and O–H groups in total. The second kappa shape index (κ2) is 9.65. The molecule has 0 heterocycles. The third-order valence-electron chi connectivity index (χ3n) is 4.43. The fraction of sp³-hybridized carbons (Fsp3) is 0.130. The van der Waals surface area contributed by atoms with Gasteiger partial charge in [-0.1, -0.05) is 30.3 Å². The number of imide groups is 1. The van der Waals surface area contributed by atoms with Gasteiger partial charge in [0.15, 0.2) is 0 Å². The van der Waals surface area contributed by atoms with E-state index in [0.717, 1.165) is 24.6 Å². The Hall–Kier alpha value is -3.74. The maximum atomic E-state index is 13.6. The van der Waals surface area contributed by atoms with Crippen LogP contribution in [-0.2, 0) is 6.42 Å². The molecule has 3 aromatic carbocycles. The van der Waals surface area contributed by atoms with E-state index in [4.69, 9.17) is 4.74 Å². The quantitative estimate of drug-likeness (QED) is 0.610. The Morgan fingerprint density at radius 2 is 1.57 bits per heavy atom. The smallest absolute Gasteiger partial charge is 0.326 e. The van der Waals surface area contributed by atoms with Gasteiger partial charge in [0.2, 0.25) is 0 Å². The standard InChI is InChI=1S/C23H20F2N2O3/c1-15-5-2-3-6-16(15)13-14-30-18-11-9-17(10-12-18)26-23(29)27-22(28)21-19(24)7-4-8-20(21)25/h2-12H,13-14H2,1H3,(H2,26,27,28,29). The fourth-order valence-electron chi connectivity index (χ4n) is 2.85. The zero-order chi connectivity index (χ0) is 21.5. The number of aryl methyl sites for hydroxylation is 1. The molecular weight excluding hydrogens is 390 g/mol. The molecule has 0 saturated heterocycles. The van der Waals surface area contributed by atoms with Gasteiger partial charge in [-0.05, 0) is 54.4 Å². The van der Waals surface area contributed by atoms with Crippen LogP contribution in [0.4, 0.5) is 19.3 Å². The molecule has 0 spiro atoms. The lowest BCUT2D eigenvalue weighted by Gasteiger charge is -2.10. The Kier molecular flexibility index (Phi) is 6.75. The zero-order valence-electron chi connectivity index (χ0n) is 16.2. The molecule has 3 rings (SSSR count). The Bertz CT molecular complexity index is 1030. The number of nitrogens with one attached hydrogen (secondary N) is 2. The lowest BCUT2D eigenvalue weighted by molar-refractivity contribution is 0.0959. The molecule has 0 radical (unpaired) electrons. The van der Waals surface area contributed by atoms with E-state index in [-0.39, 0.29) is 0 Å². The predicted octanol–water partition coefficient (Wildman–Crippen LogP) is 4.86. The van der Waals surface area contributed by atoms with Crippen LogP contribution >= 0.6 is 0 Å². The van der Waals surface area contributed by atoms with Crippen molar-refractivity contribution in [1.82, 2.24) is 5.32 Å². The first-order valence-electron chi connectivity index (χ1n) is 9.28.